The lowest BCUT2D eigenvalue weighted by atomic mass is 9.45. The summed E-state index contributed by atoms with van der Waals surface area (Å²) >= 11 is 12.9. The minimum Gasteiger partial charge on any atom is -0.274 e. The molecule has 2 aliphatic heterocycles. The molecule has 0 aromatic heterocycles. The van der Waals surface area contributed by atoms with Crippen molar-refractivity contribution < 1.29 is 19.2 Å². The van der Waals surface area contributed by atoms with E-state index in [0.717, 1.165) is 9.80 Å². The Morgan fingerprint density at radius 1 is 0.579 bits per heavy atom. The molecule has 6 nitrogen and oxygen atoms in total. The van der Waals surface area contributed by atoms with E-state index in [0.29, 0.717) is 16.9 Å². The summed E-state index contributed by atoms with van der Waals surface area (Å²) < 4.78 is 0. The second-order valence-electron chi connectivity index (χ2n) is 10.2. The third-order valence-corrected chi connectivity index (χ3v) is 9.25. The number of anilines is 2. The van der Waals surface area contributed by atoms with Gasteiger partial charge in [0.25, 0.3) is 0 Å². The lowest BCUT2D eigenvalue weighted by molar-refractivity contribution is -0.140. The number of hydrogen-bond acceptors (Lipinski definition) is 4. The van der Waals surface area contributed by atoms with Crippen molar-refractivity contribution in [3.05, 3.63) is 107 Å². The van der Waals surface area contributed by atoms with Crippen LogP contribution in [-0.2, 0) is 24.6 Å². The van der Waals surface area contributed by atoms with E-state index in [9.17, 15) is 19.2 Å². The molecule has 8 heteroatoms. The van der Waals surface area contributed by atoms with Crippen LogP contribution in [0.3, 0.4) is 0 Å². The standard InChI is InChI=1S/C30H20Cl2N2O4/c31-18-10-4-6-12-20(18)33-26(35)22-17-14-15-30(24(22)28(33)37,16-8-2-1-3-9-16)25-23(17)27(36)34(29(25)38)21-13-7-5-11-19(21)32/h1-15,17,22-25H/t17?,22-,23+,24-,25-,30?/m1/s1. The normalized spacial score (nSPS) is 31.3. The molecule has 2 bridgehead atoms. The smallest absolute Gasteiger partial charge is 0.239 e. The first-order valence-corrected chi connectivity index (χ1v) is 13.1. The number of benzene rings is 3. The molecule has 5 aliphatic rings. The molecule has 6 atom stereocenters. The van der Waals surface area contributed by atoms with Crippen molar-refractivity contribution in [2.45, 2.75) is 5.41 Å². The lowest BCUT2D eigenvalue weighted by Gasteiger charge is -2.53. The van der Waals surface area contributed by atoms with Gasteiger partial charge in [0.15, 0.2) is 0 Å². The van der Waals surface area contributed by atoms with Gasteiger partial charge >= 0.3 is 0 Å². The van der Waals surface area contributed by atoms with E-state index in [1.165, 1.54) is 0 Å². The number of amides is 4. The highest BCUT2D eigenvalue weighted by Gasteiger charge is 2.75. The van der Waals surface area contributed by atoms with Crippen LogP contribution in [-0.4, -0.2) is 23.6 Å². The largest absolute Gasteiger partial charge is 0.274 e. The van der Waals surface area contributed by atoms with Gasteiger partial charge in [-0.1, -0.05) is 90.0 Å². The van der Waals surface area contributed by atoms with Crippen LogP contribution in [0.5, 0.6) is 0 Å². The molecule has 2 saturated heterocycles. The maximum absolute atomic E-state index is 14.2. The zero-order valence-electron chi connectivity index (χ0n) is 19.8. The highest BCUT2D eigenvalue weighted by molar-refractivity contribution is 6.37. The molecule has 4 amide bonds. The van der Waals surface area contributed by atoms with E-state index >= 15 is 0 Å². The van der Waals surface area contributed by atoms with E-state index in [-0.39, 0.29) is 10.0 Å². The highest BCUT2D eigenvalue weighted by atomic mass is 35.5. The quantitative estimate of drug-likeness (QED) is 0.343. The van der Waals surface area contributed by atoms with Gasteiger partial charge in [-0.3, -0.25) is 19.2 Å². The van der Waals surface area contributed by atoms with Gasteiger partial charge < -0.3 is 0 Å². The van der Waals surface area contributed by atoms with Gasteiger partial charge in [-0.25, -0.2) is 9.80 Å². The third kappa shape index (κ3) is 2.79. The van der Waals surface area contributed by atoms with Crippen molar-refractivity contribution in [2.75, 3.05) is 9.80 Å². The number of halogens is 2. The SMILES string of the molecule is O=C1[C@@H]2C3C=CC(c4ccccc4)([C@H]2C(=O)N1c1ccccc1Cl)[C@H]1C(=O)N(c2ccccc2Cl)C(=O)[C@@H]31. The van der Waals surface area contributed by atoms with Gasteiger partial charge in [0.05, 0.1) is 45.1 Å². The minimum absolute atomic E-state index is 0.277. The fourth-order valence-electron chi connectivity index (χ4n) is 7.22. The fraction of sp³-hybridized carbons (Fsp3) is 0.200. The van der Waals surface area contributed by atoms with E-state index in [1.807, 2.05) is 42.5 Å². The number of rotatable bonds is 3. The lowest BCUT2D eigenvalue weighted by Crippen LogP contribution is -2.60. The van der Waals surface area contributed by atoms with Crippen LogP contribution in [0.1, 0.15) is 5.56 Å². The number of carbonyl (C=O) groups is 4. The van der Waals surface area contributed by atoms with E-state index in [2.05, 4.69) is 0 Å². The molecule has 3 fully saturated rings. The van der Waals surface area contributed by atoms with Crippen LogP contribution in [0.25, 0.3) is 0 Å². The summed E-state index contributed by atoms with van der Waals surface area (Å²) in [6.45, 7) is 0. The topological polar surface area (TPSA) is 74.8 Å². The molecule has 3 aromatic carbocycles. The van der Waals surface area contributed by atoms with Gasteiger partial charge in [-0.05, 0) is 29.8 Å². The summed E-state index contributed by atoms with van der Waals surface area (Å²) in [4.78, 5) is 58.8. The van der Waals surface area contributed by atoms with Crippen LogP contribution in [0.15, 0.2) is 91.0 Å². The Morgan fingerprint density at radius 3 is 1.50 bits per heavy atom. The Bertz CT molecular complexity index is 1500. The van der Waals surface area contributed by atoms with Gasteiger partial charge in [-0.15, -0.1) is 0 Å². The fourth-order valence-corrected chi connectivity index (χ4v) is 7.66. The highest BCUT2D eigenvalue weighted by Crippen LogP contribution is 2.65. The molecule has 2 heterocycles. The van der Waals surface area contributed by atoms with Crippen molar-refractivity contribution in [2.24, 2.45) is 29.6 Å². The van der Waals surface area contributed by atoms with E-state index in [1.54, 1.807) is 48.5 Å². The molecule has 8 rings (SSSR count). The molecular formula is C30H20Cl2N2O4. The molecule has 0 radical (unpaired) electrons. The predicted molar refractivity (Wildman–Crippen MR) is 143 cm³/mol. The number of allylic oxidation sites excluding steroid dienone is 2. The second kappa shape index (κ2) is 8.13. The number of para-hydroxylation sites is 2. The number of imide groups is 2. The predicted octanol–water partition coefficient (Wildman–Crippen LogP) is 5.04. The number of carbonyl (C=O) groups excluding carboxylic acids is 4. The summed E-state index contributed by atoms with van der Waals surface area (Å²) in [6, 6.07) is 22.6. The van der Waals surface area contributed by atoms with Gasteiger partial charge in [0.2, 0.25) is 23.6 Å². The maximum atomic E-state index is 14.2. The Labute approximate surface area is 228 Å². The van der Waals surface area contributed by atoms with Gasteiger partial charge in [-0.2, -0.15) is 0 Å². The molecule has 188 valence electrons. The number of hydrogen-bond donors (Lipinski definition) is 0. The summed E-state index contributed by atoms with van der Waals surface area (Å²) in [7, 11) is 0. The third-order valence-electron chi connectivity index (χ3n) is 8.62. The molecule has 3 aliphatic carbocycles. The zero-order valence-corrected chi connectivity index (χ0v) is 21.3. The van der Waals surface area contributed by atoms with Gasteiger partial charge in [0, 0.05) is 11.3 Å². The van der Waals surface area contributed by atoms with Gasteiger partial charge in [0.1, 0.15) is 0 Å². The van der Waals surface area contributed by atoms with E-state index in [4.69, 9.17) is 23.2 Å². The monoisotopic (exact) mass is 542 g/mol. The average Bonchev–Trinajstić information content (AvgIpc) is 3.37. The molecule has 38 heavy (non-hydrogen) atoms. The van der Waals surface area contributed by atoms with Crippen LogP contribution >= 0.6 is 23.2 Å². The molecule has 0 spiro atoms. The first-order chi connectivity index (χ1) is 18.4. The Balaban J connectivity index is 1.45. The van der Waals surface area contributed by atoms with Crippen molar-refractivity contribution in [1.29, 1.82) is 0 Å². The summed E-state index contributed by atoms with van der Waals surface area (Å²) in [5.74, 6) is -5.62. The van der Waals surface area contributed by atoms with E-state index < -0.39 is 58.6 Å². The van der Waals surface area contributed by atoms with Crippen molar-refractivity contribution in [3.8, 4) is 0 Å². The first kappa shape index (κ1) is 23.4. The summed E-state index contributed by atoms with van der Waals surface area (Å²) in [6.07, 6.45) is 3.75. The summed E-state index contributed by atoms with van der Waals surface area (Å²) in [5.41, 5.74) is 0.128. The molecule has 1 saturated carbocycles. The Kier molecular flexibility index (Phi) is 5.00. The Morgan fingerprint density at radius 2 is 1.03 bits per heavy atom. The molecule has 0 N–H and O–H groups in total. The van der Waals surface area contributed by atoms with Crippen molar-refractivity contribution in [3.63, 3.8) is 0 Å². The van der Waals surface area contributed by atoms with Crippen molar-refractivity contribution in [1.82, 2.24) is 0 Å². The van der Waals surface area contributed by atoms with Crippen LogP contribution in [0, 0.1) is 29.6 Å². The van der Waals surface area contributed by atoms with Crippen LogP contribution < -0.4 is 9.80 Å². The second-order valence-corrected chi connectivity index (χ2v) is 11.0. The molecular weight excluding hydrogens is 523 g/mol. The first-order valence-electron chi connectivity index (χ1n) is 12.4. The number of nitrogens with zero attached hydrogens (tertiary/aromatic N) is 2. The zero-order chi connectivity index (χ0) is 26.3. The minimum atomic E-state index is -1.20. The maximum Gasteiger partial charge on any atom is 0.239 e. The average molecular weight is 543 g/mol. The van der Waals surface area contributed by atoms with Crippen LogP contribution in [0.2, 0.25) is 10.0 Å². The molecule has 3 aromatic rings. The Hall–Kier alpha value is -3.74. The van der Waals surface area contributed by atoms with Crippen LogP contribution in [0.4, 0.5) is 11.4 Å². The molecule has 2 unspecified atom stereocenters. The van der Waals surface area contributed by atoms with Crippen molar-refractivity contribution >= 4 is 58.2 Å². The summed E-state index contributed by atoms with van der Waals surface area (Å²) in [5, 5.41) is 0.554.